The zero-order valence-electron chi connectivity index (χ0n) is 28.0. The number of benzene rings is 2. The third kappa shape index (κ3) is 8.34. The average Bonchev–Trinajstić information content (AvgIpc) is 3.75. The fraction of sp³-hybridized carbons (Fsp3) is 0.444. The molecule has 13 nitrogen and oxygen atoms in total. The predicted molar refractivity (Wildman–Crippen MR) is 182 cm³/mol. The quantitative estimate of drug-likeness (QED) is 0.397. The van der Waals surface area contributed by atoms with Crippen LogP contribution in [-0.4, -0.2) is 132 Å². The number of ether oxygens (including phenoxy) is 1. The second-order valence-corrected chi connectivity index (χ2v) is 13.3. The number of carbonyl (C=O) groups excluding carboxylic acids is 5. The Labute approximate surface area is 285 Å². The monoisotopic (exact) mass is 669 g/mol. The van der Waals surface area contributed by atoms with Gasteiger partial charge in [0.15, 0.2) is 0 Å². The van der Waals surface area contributed by atoms with Crippen molar-refractivity contribution >= 4 is 40.3 Å². The van der Waals surface area contributed by atoms with Gasteiger partial charge in [-0.05, 0) is 54.8 Å². The maximum absolute atomic E-state index is 13.8. The van der Waals surface area contributed by atoms with E-state index in [9.17, 15) is 24.0 Å². The SMILES string of the molecule is CN1C[C@H](NC(=O)CN2CCCC2)C(=O)N(C)CC(=O)N2C[C@@H](NC(=O)Cc3ccc4ccccc4c3)C[C@H]2COc2cncc(c2)C1=O. The number of rotatable bonds is 6. The van der Waals surface area contributed by atoms with Crippen molar-refractivity contribution in [1.82, 2.24) is 35.2 Å². The van der Waals surface area contributed by atoms with Crippen LogP contribution in [0.3, 0.4) is 0 Å². The van der Waals surface area contributed by atoms with Crippen LogP contribution in [0.5, 0.6) is 5.75 Å². The van der Waals surface area contributed by atoms with E-state index >= 15 is 0 Å². The summed E-state index contributed by atoms with van der Waals surface area (Å²) in [6, 6.07) is 13.7. The molecule has 1 aromatic heterocycles. The van der Waals surface area contributed by atoms with E-state index in [1.807, 2.05) is 47.4 Å². The van der Waals surface area contributed by atoms with Crippen molar-refractivity contribution in [2.24, 2.45) is 0 Å². The van der Waals surface area contributed by atoms with Gasteiger partial charge in [-0.3, -0.25) is 33.9 Å². The molecule has 0 saturated carbocycles. The molecule has 4 heterocycles. The number of likely N-dealkylation sites (N-methyl/N-ethyl adjacent to an activating group) is 2. The molecule has 3 aromatic rings. The molecule has 3 aliphatic rings. The number of hydrogen-bond donors (Lipinski definition) is 2. The van der Waals surface area contributed by atoms with Gasteiger partial charge in [-0.1, -0.05) is 42.5 Å². The first-order chi connectivity index (χ1) is 23.6. The fourth-order valence-corrected chi connectivity index (χ4v) is 6.89. The third-order valence-corrected chi connectivity index (χ3v) is 9.43. The van der Waals surface area contributed by atoms with Gasteiger partial charge >= 0.3 is 0 Å². The zero-order chi connectivity index (χ0) is 34.5. The molecule has 258 valence electrons. The molecule has 49 heavy (non-hydrogen) atoms. The Morgan fingerprint density at radius 1 is 0.898 bits per heavy atom. The minimum Gasteiger partial charge on any atom is -0.490 e. The third-order valence-electron chi connectivity index (χ3n) is 9.43. The highest BCUT2D eigenvalue weighted by Gasteiger charge is 2.38. The van der Waals surface area contributed by atoms with Gasteiger partial charge in [0.2, 0.25) is 23.6 Å². The summed E-state index contributed by atoms with van der Waals surface area (Å²) in [7, 11) is 3.06. The maximum Gasteiger partial charge on any atom is 0.255 e. The number of pyridine rings is 1. The van der Waals surface area contributed by atoms with E-state index < -0.39 is 23.9 Å². The summed E-state index contributed by atoms with van der Waals surface area (Å²) in [5.41, 5.74) is 1.15. The first kappa shape index (κ1) is 33.8. The Balaban J connectivity index is 1.18. The molecule has 2 N–H and O–H groups in total. The number of amides is 5. The number of carbonyl (C=O) groups is 5. The number of aromatic nitrogens is 1. The molecule has 0 unspecified atom stereocenters. The smallest absolute Gasteiger partial charge is 0.255 e. The second kappa shape index (κ2) is 15.0. The Morgan fingerprint density at radius 3 is 2.47 bits per heavy atom. The van der Waals surface area contributed by atoms with Crippen LogP contribution in [0, 0.1) is 0 Å². The minimum atomic E-state index is -1.07. The topological polar surface area (TPSA) is 144 Å². The summed E-state index contributed by atoms with van der Waals surface area (Å²) >= 11 is 0. The van der Waals surface area contributed by atoms with Gasteiger partial charge in [0.1, 0.15) is 18.4 Å². The van der Waals surface area contributed by atoms with Gasteiger partial charge in [0.05, 0.1) is 37.3 Å². The lowest BCUT2D eigenvalue weighted by Gasteiger charge is -2.30. The normalized spacial score (nSPS) is 22.4. The molecule has 0 radical (unpaired) electrons. The van der Waals surface area contributed by atoms with Crippen molar-refractivity contribution in [3.05, 3.63) is 72.1 Å². The molecule has 2 fully saturated rings. The lowest BCUT2D eigenvalue weighted by atomic mass is 10.0. The van der Waals surface area contributed by atoms with Crippen LogP contribution < -0.4 is 15.4 Å². The molecule has 13 heteroatoms. The van der Waals surface area contributed by atoms with Gasteiger partial charge in [0.25, 0.3) is 5.91 Å². The molecular weight excluding hydrogens is 626 g/mol. The summed E-state index contributed by atoms with van der Waals surface area (Å²) in [6.45, 7) is 1.76. The van der Waals surface area contributed by atoms with E-state index in [4.69, 9.17) is 4.74 Å². The van der Waals surface area contributed by atoms with Crippen LogP contribution in [0.25, 0.3) is 10.8 Å². The molecule has 2 saturated heterocycles. The average molecular weight is 670 g/mol. The number of nitrogens with zero attached hydrogens (tertiary/aromatic N) is 5. The fourth-order valence-electron chi connectivity index (χ4n) is 6.89. The van der Waals surface area contributed by atoms with E-state index in [0.717, 1.165) is 42.3 Å². The Hall–Kier alpha value is -5.04. The molecule has 3 atom stereocenters. The van der Waals surface area contributed by atoms with E-state index in [-0.39, 0.29) is 68.5 Å². The predicted octanol–water partition coefficient (Wildman–Crippen LogP) is 1.07. The standard InChI is InChI=1S/C36H43N7O6/c1-40-20-31(39-33(45)21-42-11-5-6-12-42)36(48)41(2)22-34(46)43-19-28(16-29(43)23-49-30-15-27(35(40)47)17-37-18-30)38-32(44)14-24-9-10-25-7-3-4-8-26(25)13-24/h3-4,7-10,13,15,17-18,28-29,31H,5-6,11-12,14,16,19-23H2,1-2H3,(H,38,44)(H,39,45)/t28-,29-,31-/m0/s1. The summed E-state index contributed by atoms with van der Waals surface area (Å²) in [4.78, 5) is 77.6. The lowest BCUT2D eigenvalue weighted by molar-refractivity contribution is -0.142. The summed E-state index contributed by atoms with van der Waals surface area (Å²) in [5, 5.41) is 8.06. The lowest BCUT2D eigenvalue weighted by Crippen LogP contribution is -2.56. The van der Waals surface area contributed by atoms with E-state index in [1.165, 1.54) is 29.2 Å². The Morgan fingerprint density at radius 2 is 1.67 bits per heavy atom. The summed E-state index contributed by atoms with van der Waals surface area (Å²) < 4.78 is 6.06. The van der Waals surface area contributed by atoms with Gasteiger partial charge in [0, 0.05) is 39.4 Å². The number of nitrogens with one attached hydrogen (secondary N) is 2. The van der Waals surface area contributed by atoms with Crippen LogP contribution in [0.4, 0.5) is 0 Å². The van der Waals surface area contributed by atoms with Crippen LogP contribution in [0.15, 0.2) is 60.9 Å². The molecule has 0 spiro atoms. The minimum absolute atomic E-state index is 0.102. The second-order valence-electron chi connectivity index (χ2n) is 13.3. The van der Waals surface area contributed by atoms with Crippen LogP contribution in [-0.2, 0) is 25.6 Å². The van der Waals surface area contributed by atoms with E-state index in [2.05, 4.69) is 15.6 Å². The molecule has 5 amide bonds. The first-order valence-corrected chi connectivity index (χ1v) is 16.8. The molecule has 2 aromatic carbocycles. The Bertz CT molecular complexity index is 1730. The maximum atomic E-state index is 13.8. The van der Waals surface area contributed by atoms with Crippen molar-refractivity contribution in [3.8, 4) is 5.75 Å². The number of fused-ring (bicyclic) bond motifs is 4. The van der Waals surface area contributed by atoms with Gasteiger partial charge in [-0.15, -0.1) is 0 Å². The molecule has 2 bridgehead atoms. The molecular formula is C36H43N7O6. The van der Waals surface area contributed by atoms with Gasteiger partial charge in [-0.2, -0.15) is 0 Å². The summed E-state index contributed by atoms with van der Waals surface area (Å²) in [5.74, 6) is -1.32. The van der Waals surface area contributed by atoms with Crippen molar-refractivity contribution in [2.75, 3.05) is 60.0 Å². The summed E-state index contributed by atoms with van der Waals surface area (Å²) in [6.07, 6.45) is 5.58. The first-order valence-electron chi connectivity index (χ1n) is 16.8. The van der Waals surface area contributed by atoms with Crippen LogP contribution >= 0.6 is 0 Å². The highest BCUT2D eigenvalue weighted by Crippen LogP contribution is 2.22. The van der Waals surface area contributed by atoms with E-state index in [0.29, 0.717) is 12.2 Å². The van der Waals surface area contributed by atoms with Crippen molar-refractivity contribution in [1.29, 1.82) is 0 Å². The van der Waals surface area contributed by atoms with Crippen molar-refractivity contribution < 1.29 is 28.7 Å². The van der Waals surface area contributed by atoms with Crippen LogP contribution in [0.2, 0.25) is 0 Å². The highest BCUT2D eigenvalue weighted by atomic mass is 16.5. The number of hydrogen-bond acceptors (Lipinski definition) is 8. The largest absolute Gasteiger partial charge is 0.490 e. The van der Waals surface area contributed by atoms with Crippen molar-refractivity contribution in [2.45, 2.75) is 43.8 Å². The zero-order valence-corrected chi connectivity index (χ0v) is 28.0. The molecule has 0 aliphatic carbocycles. The Kier molecular flexibility index (Phi) is 10.4. The number of likely N-dealkylation sites (tertiary alicyclic amines) is 1. The van der Waals surface area contributed by atoms with Crippen molar-refractivity contribution in [3.63, 3.8) is 0 Å². The van der Waals surface area contributed by atoms with E-state index in [1.54, 1.807) is 18.0 Å². The highest BCUT2D eigenvalue weighted by molar-refractivity contribution is 5.96. The molecule has 3 aliphatic heterocycles. The van der Waals surface area contributed by atoms with Crippen LogP contribution in [0.1, 0.15) is 35.2 Å². The van der Waals surface area contributed by atoms with Gasteiger partial charge in [-0.25, -0.2) is 0 Å². The van der Waals surface area contributed by atoms with Gasteiger partial charge < -0.3 is 30.1 Å². The molecule has 6 rings (SSSR count).